The van der Waals surface area contributed by atoms with E-state index in [9.17, 15) is 25.1 Å². The summed E-state index contributed by atoms with van der Waals surface area (Å²) in [6, 6.07) is 2.36. The standard InChI is InChI=1S/C13H15NO5/c1-7(2)10(8(3)15)4-9-5-11(14(18)19)13(17)12(16)6-9/h5-6,10,16-17H,1,4H2,2-3H3. The molecule has 1 unspecified atom stereocenters. The Morgan fingerprint density at radius 1 is 1.42 bits per heavy atom. The van der Waals surface area contributed by atoms with Gasteiger partial charge in [-0.3, -0.25) is 14.9 Å². The minimum atomic E-state index is -0.790. The molecule has 19 heavy (non-hydrogen) atoms. The highest BCUT2D eigenvalue weighted by Crippen LogP contribution is 2.37. The summed E-state index contributed by atoms with van der Waals surface area (Å²) in [6.07, 6.45) is 0.194. The molecule has 0 aliphatic heterocycles. The van der Waals surface area contributed by atoms with Crippen LogP contribution in [-0.2, 0) is 11.2 Å². The van der Waals surface area contributed by atoms with Gasteiger partial charge in [-0.2, -0.15) is 0 Å². The van der Waals surface area contributed by atoms with E-state index < -0.39 is 28.0 Å². The Morgan fingerprint density at radius 3 is 2.42 bits per heavy atom. The zero-order valence-electron chi connectivity index (χ0n) is 10.7. The molecule has 0 amide bonds. The van der Waals surface area contributed by atoms with E-state index in [4.69, 9.17) is 0 Å². The molecule has 1 atom stereocenters. The second-order valence-electron chi connectivity index (χ2n) is 4.45. The van der Waals surface area contributed by atoms with Crippen molar-refractivity contribution >= 4 is 11.5 Å². The summed E-state index contributed by atoms with van der Waals surface area (Å²) in [5.74, 6) is -1.93. The summed E-state index contributed by atoms with van der Waals surface area (Å²) in [7, 11) is 0. The summed E-state index contributed by atoms with van der Waals surface area (Å²) in [5, 5.41) is 29.6. The molecule has 2 N–H and O–H groups in total. The third kappa shape index (κ3) is 3.31. The average molecular weight is 265 g/mol. The molecule has 0 radical (unpaired) electrons. The number of ketones is 1. The number of nitrogens with zero attached hydrogens (tertiary/aromatic N) is 1. The number of nitro benzene ring substituents is 1. The highest BCUT2D eigenvalue weighted by atomic mass is 16.6. The molecule has 0 aliphatic carbocycles. The third-order valence-corrected chi connectivity index (χ3v) is 2.85. The second-order valence-corrected chi connectivity index (χ2v) is 4.45. The Balaban J connectivity index is 3.18. The van der Waals surface area contributed by atoms with Gasteiger partial charge < -0.3 is 10.2 Å². The number of carbonyl (C=O) groups is 1. The number of Topliss-reactive ketones (excluding diaryl/α,β-unsaturated/α-hetero) is 1. The summed E-state index contributed by atoms with van der Waals surface area (Å²) in [5.41, 5.74) is 0.451. The third-order valence-electron chi connectivity index (χ3n) is 2.85. The van der Waals surface area contributed by atoms with Gasteiger partial charge in [0.1, 0.15) is 5.78 Å². The average Bonchev–Trinajstić information content (AvgIpc) is 2.28. The number of nitro groups is 1. The predicted octanol–water partition coefficient (Wildman–Crippen LogP) is 2.33. The number of phenols is 2. The normalized spacial score (nSPS) is 11.9. The van der Waals surface area contributed by atoms with Crippen LogP contribution in [0.25, 0.3) is 0 Å². The first-order valence-corrected chi connectivity index (χ1v) is 5.59. The Morgan fingerprint density at radius 2 is 2.00 bits per heavy atom. The quantitative estimate of drug-likeness (QED) is 0.368. The van der Waals surface area contributed by atoms with Crippen LogP contribution in [0.1, 0.15) is 19.4 Å². The number of aromatic hydroxyl groups is 2. The monoisotopic (exact) mass is 265 g/mol. The zero-order chi connectivity index (χ0) is 14.7. The molecular weight excluding hydrogens is 250 g/mol. The summed E-state index contributed by atoms with van der Waals surface area (Å²) in [4.78, 5) is 21.4. The van der Waals surface area contributed by atoms with Crippen LogP contribution < -0.4 is 0 Å². The fraction of sp³-hybridized carbons (Fsp3) is 0.308. The highest BCUT2D eigenvalue weighted by Gasteiger charge is 2.22. The van der Waals surface area contributed by atoms with E-state index in [1.807, 2.05) is 0 Å². The molecular formula is C13H15NO5. The van der Waals surface area contributed by atoms with Gasteiger partial charge in [-0.1, -0.05) is 12.2 Å². The molecule has 0 saturated carbocycles. The van der Waals surface area contributed by atoms with Gasteiger partial charge in [-0.25, -0.2) is 0 Å². The van der Waals surface area contributed by atoms with Gasteiger partial charge in [0.25, 0.3) is 0 Å². The van der Waals surface area contributed by atoms with Crippen molar-refractivity contribution < 1.29 is 19.9 Å². The number of carbonyl (C=O) groups excluding carboxylic acids is 1. The Kier molecular flexibility index (Phi) is 4.26. The highest BCUT2D eigenvalue weighted by molar-refractivity contribution is 5.81. The largest absolute Gasteiger partial charge is 0.504 e. The van der Waals surface area contributed by atoms with Gasteiger partial charge in [0.2, 0.25) is 5.75 Å². The van der Waals surface area contributed by atoms with Crippen LogP contribution in [0.3, 0.4) is 0 Å². The number of phenolic OH excluding ortho intramolecular Hbond substituents is 2. The van der Waals surface area contributed by atoms with E-state index in [-0.39, 0.29) is 12.2 Å². The molecule has 6 heteroatoms. The van der Waals surface area contributed by atoms with Crippen molar-refractivity contribution in [1.29, 1.82) is 0 Å². The van der Waals surface area contributed by atoms with Crippen molar-refractivity contribution in [3.05, 3.63) is 40.0 Å². The Bertz CT molecular complexity index is 536. The summed E-state index contributed by atoms with van der Waals surface area (Å²) in [6.45, 7) is 6.81. The first-order valence-electron chi connectivity index (χ1n) is 5.59. The van der Waals surface area contributed by atoms with E-state index in [2.05, 4.69) is 6.58 Å². The van der Waals surface area contributed by atoms with Crippen molar-refractivity contribution in [3.8, 4) is 11.5 Å². The van der Waals surface area contributed by atoms with Crippen LogP contribution in [0, 0.1) is 16.0 Å². The SMILES string of the molecule is C=C(C)C(Cc1cc(O)c(O)c([N+](=O)[O-])c1)C(C)=O. The summed E-state index contributed by atoms with van der Waals surface area (Å²) >= 11 is 0. The molecule has 0 fully saturated rings. The van der Waals surface area contributed by atoms with E-state index in [1.54, 1.807) is 6.92 Å². The maximum Gasteiger partial charge on any atom is 0.314 e. The molecule has 1 aromatic rings. The van der Waals surface area contributed by atoms with Crippen LogP contribution in [0.4, 0.5) is 5.69 Å². The topological polar surface area (TPSA) is 101 Å². The number of rotatable bonds is 5. The number of hydrogen-bond acceptors (Lipinski definition) is 5. The lowest BCUT2D eigenvalue weighted by molar-refractivity contribution is -0.386. The lowest BCUT2D eigenvalue weighted by Gasteiger charge is -2.14. The van der Waals surface area contributed by atoms with Gasteiger partial charge in [-0.15, -0.1) is 0 Å². The van der Waals surface area contributed by atoms with Crippen molar-refractivity contribution in [2.45, 2.75) is 20.3 Å². The molecule has 0 spiro atoms. The van der Waals surface area contributed by atoms with E-state index in [0.29, 0.717) is 11.1 Å². The van der Waals surface area contributed by atoms with Gasteiger partial charge in [-0.05, 0) is 31.9 Å². The molecule has 0 aliphatic rings. The Hall–Kier alpha value is -2.37. The number of allylic oxidation sites excluding steroid dienone is 1. The number of hydrogen-bond donors (Lipinski definition) is 2. The van der Waals surface area contributed by atoms with Crippen LogP contribution in [0.2, 0.25) is 0 Å². The van der Waals surface area contributed by atoms with Crippen LogP contribution in [0.5, 0.6) is 11.5 Å². The molecule has 0 aromatic heterocycles. The zero-order valence-corrected chi connectivity index (χ0v) is 10.7. The molecule has 1 rings (SSSR count). The molecule has 102 valence electrons. The molecule has 0 bridgehead atoms. The lowest BCUT2D eigenvalue weighted by Crippen LogP contribution is -2.15. The van der Waals surface area contributed by atoms with Gasteiger partial charge in [0, 0.05) is 12.0 Å². The maximum atomic E-state index is 11.5. The van der Waals surface area contributed by atoms with Crippen molar-refractivity contribution in [3.63, 3.8) is 0 Å². The van der Waals surface area contributed by atoms with Gasteiger partial charge in [0.05, 0.1) is 4.92 Å². The van der Waals surface area contributed by atoms with E-state index in [1.165, 1.54) is 13.0 Å². The molecule has 0 saturated heterocycles. The fourth-order valence-electron chi connectivity index (χ4n) is 1.82. The Labute approximate surface area is 110 Å². The first-order chi connectivity index (χ1) is 8.73. The molecule has 6 nitrogen and oxygen atoms in total. The van der Waals surface area contributed by atoms with Crippen LogP contribution >= 0.6 is 0 Å². The van der Waals surface area contributed by atoms with Gasteiger partial charge >= 0.3 is 5.69 Å². The lowest BCUT2D eigenvalue weighted by atomic mass is 9.90. The van der Waals surface area contributed by atoms with Crippen molar-refractivity contribution in [2.24, 2.45) is 5.92 Å². The minimum Gasteiger partial charge on any atom is -0.504 e. The van der Waals surface area contributed by atoms with Crippen LogP contribution in [-0.4, -0.2) is 20.9 Å². The minimum absolute atomic E-state index is 0.109. The van der Waals surface area contributed by atoms with Crippen molar-refractivity contribution in [2.75, 3.05) is 0 Å². The van der Waals surface area contributed by atoms with E-state index >= 15 is 0 Å². The smallest absolute Gasteiger partial charge is 0.314 e. The van der Waals surface area contributed by atoms with Gasteiger partial charge in [0.15, 0.2) is 5.75 Å². The van der Waals surface area contributed by atoms with Crippen molar-refractivity contribution in [1.82, 2.24) is 0 Å². The molecule has 0 heterocycles. The maximum absolute atomic E-state index is 11.5. The molecule has 1 aromatic carbocycles. The van der Waals surface area contributed by atoms with Crippen LogP contribution in [0.15, 0.2) is 24.3 Å². The summed E-state index contributed by atoms with van der Waals surface area (Å²) < 4.78 is 0. The predicted molar refractivity (Wildman–Crippen MR) is 69.1 cm³/mol. The number of benzene rings is 1. The van der Waals surface area contributed by atoms with E-state index in [0.717, 1.165) is 6.07 Å². The second kappa shape index (κ2) is 5.51. The first kappa shape index (κ1) is 14.7. The fourth-order valence-corrected chi connectivity index (χ4v) is 1.82.